The van der Waals surface area contributed by atoms with Crippen molar-refractivity contribution in [1.29, 1.82) is 0 Å². The van der Waals surface area contributed by atoms with Gasteiger partial charge in [-0.05, 0) is 74.6 Å². The number of carbonyl (C=O) groups excluding carboxylic acids is 2. The van der Waals surface area contributed by atoms with Gasteiger partial charge in [-0.2, -0.15) is 0 Å². The third kappa shape index (κ3) is 38.1. The molecule has 33 heavy (non-hydrogen) atoms. The van der Waals surface area contributed by atoms with Gasteiger partial charge in [-0.15, -0.1) is 0 Å². The lowest BCUT2D eigenvalue weighted by molar-refractivity contribution is -0.143. The summed E-state index contributed by atoms with van der Waals surface area (Å²) in [6.07, 6.45) is 3.83. The van der Waals surface area contributed by atoms with E-state index in [1.807, 2.05) is 58.8 Å². The van der Waals surface area contributed by atoms with Crippen LogP contribution in [0.15, 0.2) is 0 Å². The topological polar surface area (TPSA) is 93.2 Å². The smallest absolute Gasteiger partial charge is 0.306 e. The van der Waals surface area contributed by atoms with Crippen molar-refractivity contribution in [3.63, 3.8) is 0 Å². The van der Waals surface area contributed by atoms with E-state index in [9.17, 15) is 14.4 Å². The van der Waals surface area contributed by atoms with Crippen LogP contribution >= 0.6 is 0 Å². The van der Waals surface area contributed by atoms with Gasteiger partial charge in [-0.25, -0.2) is 0 Å². The number of amides is 1. The van der Waals surface area contributed by atoms with Gasteiger partial charge >= 0.3 is 5.97 Å². The fraction of sp³-hybridized carbons (Fsp3) is 0.880. The van der Waals surface area contributed by atoms with E-state index in [1.54, 1.807) is 6.92 Å². The summed E-state index contributed by atoms with van der Waals surface area (Å²) >= 11 is 0. The molecular weight excluding hydrogens is 420 g/mol. The van der Waals surface area contributed by atoms with Gasteiger partial charge in [0.05, 0.1) is 5.92 Å². The molecule has 0 rings (SSSR count). The van der Waals surface area contributed by atoms with Crippen LogP contribution in [0.5, 0.6) is 0 Å². The van der Waals surface area contributed by atoms with E-state index in [1.165, 1.54) is 13.0 Å². The van der Waals surface area contributed by atoms with Crippen molar-refractivity contribution in [3.05, 3.63) is 0 Å². The van der Waals surface area contributed by atoms with Crippen LogP contribution in [-0.4, -0.2) is 106 Å². The highest BCUT2D eigenvalue weighted by molar-refractivity contribution is 5.83. The number of carboxylic acids is 1. The van der Waals surface area contributed by atoms with E-state index >= 15 is 0 Å². The fourth-order valence-corrected chi connectivity index (χ4v) is 2.37. The molecule has 200 valence electrons. The molecule has 1 atom stereocenters. The van der Waals surface area contributed by atoms with Crippen LogP contribution in [0.4, 0.5) is 0 Å². The number of Topliss-reactive ketones (excluding diaryl/α,β-unsaturated/α-hetero) is 1. The van der Waals surface area contributed by atoms with Crippen LogP contribution in [0.25, 0.3) is 0 Å². The SMILES string of the molecule is CC.CCC(=O)NCCN(C)C.CCCN(C)C.CC[C@H](CC(=O)CCCN(C)C)C(=O)O. The predicted octanol–water partition coefficient (Wildman–Crippen LogP) is 3.46. The minimum atomic E-state index is -0.863. The van der Waals surface area contributed by atoms with Crippen molar-refractivity contribution < 1.29 is 19.5 Å². The van der Waals surface area contributed by atoms with Crippen LogP contribution < -0.4 is 5.32 Å². The molecule has 0 saturated heterocycles. The standard InChI is InChI=1S/C11H21NO3.C7H16N2O.C5H13N.C2H6/c1-4-9(11(14)15)8-10(13)6-5-7-12(2)3;1-4-7(10)8-5-6-9(2)3;1-4-5-6(2)3;1-2/h9H,4-8H2,1-3H3,(H,14,15);4-6H2,1-3H3,(H,8,10);4-5H2,1-3H3;1-2H3/t9-;;;/m1.../s1. The lowest BCUT2D eigenvalue weighted by Crippen LogP contribution is -2.30. The third-order valence-corrected chi connectivity index (χ3v) is 4.25. The molecule has 0 aliphatic carbocycles. The summed E-state index contributed by atoms with van der Waals surface area (Å²) in [7, 11) is 12.1. The summed E-state index contributed by atoms with van der Waals surface area (Å²) in [6, 6.07) is 0. The van der Waals surface area contributed by atoms with Gasteiger partial charge in [0.25, 0.3) is 0 Å². The molecule has 0 heterocycles. The molecule has 1 amide bonds. The molecule has 0 aromatic rings. The molecule has 0 fully saturated rings. The van der Waals surface area contributed by atoms with E-state index in [2.05, 4.69) is 31.2 Å². The molecule has 0 aliphatic rings. The zero-order chi connectivity index (χ0) is 26.8. The highest BCUT2D eigenvalue weighted by Crippen LogP contribution is 2.11. The summed E-state index contributed by atoms with van der Waals surface area (Å²) in [6.45, 7) is 13.6. The number of carboxylic acid groups (broad SMARTS) is 1. The minimum Gasteiger partial charge on any atom is -0.481 e. The number of likely N-dealkylation sites (N-methyl/N-ethyl adjacent to an activating group) is 1. The number of nitrogens with one attached hydrogen (secondary N) is 1. The van der Waals surface area contributed by atoms with Gasteiger partial charge < -0.3 is 25.1 Å². The van der Waals surface area contributed by atoms with Gasteiger partial charge in [0.2, 0.25) is 5.91 Å². The van der Waals surface area contributed by atoms with Crippen LogP contribution in [0, 0.1) is 5.92 Å². The first kappa shape index (κ1) is 38.7. The molecule has 8 nitrogen and oxygen atoms in total. The first-order chi connectivity index (χ1) is 15.4. The van der Waals surface area contributed by atoms with Gasteiger partial charge in [0.1, 0.15) is 5.78 Å². The molecule has 0 radical (unpaired) electrons. The van der Waals surface area contributed by atoms with E-state index < -0.39 is 11.9 Å². The maximum Gasteiger partial charge on any atom is 0.306 e. The van der Waals surface area contributed by atoms with Crippen LogP contribution in [0.2, 0.25) is 0 Å². The Morgan fingerprint density at radius 1 is 0.818 bits per heavy atom. The molecule has 0 aromatic carbocycles. The number of hydrogen-bond acceptors (Lipinski definition) is 6. The molecule has 8 heteroatoms. The van der Waals surface area contributed by atoms with E-state index in [0.29, 0.717) is 19.3 Å². The molecule has 0 aliphatic heterocycles. The normalized spacial score (nSPS) is 10.8. The first-order valence-electron chi connectivity index (χ1n) is 12.4. The Morgan fingerprint density at radius 3 is 1.61 bits per heavy atom. The number of hydrogen-bond donors (Lipinski definition) is 2. The van der Waals surface area contributed by atoms with E-state index in [0.717, 1.165) is 26.1 Å². The van der Waals surface area contributed by atoms with E-state index in [-0.39, 0.29) is 18.1 Å². The third-order valence-electron chi connectivity index (χ3n) is 4.25. The van der Waals surface area contributed by atoms with Crippen molar-refractivity contribution in [2.75, 3.05) is 68.5 Å². The van der Waals surface area contributed by atoms with Crippen molar-refractivity contribution in [3.8, 4) is 0 Å². The van der Waals surface area contributed by atoms with Crippen molar-refractivity contribution in [1.82, 2.24) is 20.0 Å². The van der Waals surface area contributed by atoms with Gasteiger partial charge in [0, 0.05) is 32.4 Å². The van der Waals surface area contributed by atoms with Crippen molar-refractivity contribution in [2.24, 2.45) is 5.92 Å². The second-order valence-corrected chi connectivity index (χ2v) is 8.40. The predicted molar refractivity (Wildman–Crippen MR) is 141 cm³/mol. The Balaban J connectivity index is -0.000000201. The summed E-state index contributed by atoms with van der Waals surface area (Å²) in [5.41, 5.74) is 0. The number of ketones is 1. The average Bonchev–Trinajstić information content (AvgIpc) is 2.73. The molecule has 0 aromatic heterocycles. The maximum atomic E-state index is 11.4. The number of aliphatic carboxylic acids is 1. The average molecular weight is 477 g/mol. The lowest BCUT2D eigenvalue weighted by atomic mass is 9.98. The second kappa shape index (κ2) is 28.5. The number of carbonyl (C=O) groups is 3. The Kier molecular flexibility index (Phi) is 33.5. The minimum absolute atomic E-state index is 0.0612. The molecule has 0 unspecified atom stereocenters. The zero-order valence-electron chi connectivity index (χ0n) is 23.7. The van der Waals surface area contributed by atoms with Crippen molar-refractivity contribution in [2.45, 2.75) is 73.1 Å². The lowest BCUT2D eigenvalue weighted by Gasteiger charge is -2.10. The Morgan fingerprint density at radius 2 is 1.30 bits per heavy atom. The summed E-state index contributed by atoms with van der Waals surface area (Å²) in [5, 5.41) is 11.6. The van der Waals surface area contributed by atoms with Gasteiger partial charge in [0.15, 0.2) is 0 Å². The monoisotopic (exact) mass is 476 g/mol. The quantitative estimate of drug-likeness (QED) is 0.396. The second-order valence-electron chi connectivity index (χ2n) is 8.40. The zero-order valence-corrected chi connectivity index (χ0v) is 23.7. The molecule has 0 spiro atoms. The van der Waals surface area contributed by atoms with Crippen LogP contribution in [-0.2, 0) is 14.4 Å². The highest BCUT2D eigenvalue weighted by Gasteiger charge is 2.18. The van der Waals surface area contributed by atoms with E-state index in [4.69, 9.17) is 5.11 Å². The van der Waals surface area contributed by atoms with Crippen LogP contribution in [0.3, 0.4) is 0 Å². The summed E-state index contributed by atoms with van der Waals surface area (Å²) < 4.78 is 0. The highest BCUT2D eigenvalue weighted by atomic mass is 16.4. The molecule has 0 saturated carbocycles. The van der Waals surface area contributed by atoms with Gasteiger partial charge in [-0.3, -0.25) is 14.4 Å². The molecule has 2 N–H and O–H groups in total. The maximum absolute atomic E-state index is 11.4. The Bertz CT molecular complexity index is 456. The number of rotatable bonds is 14. The number of nitrogens with zero attached hydrogens (tertiary/aromatic N) is 3. The Hall–Kier alpha value is -1.51. The summed E-state index contributed by atoms with van der Waals surface area (Å²) in [4.78, 5) is 39.0. The molecule has 0 bridgehead atoms. The molecular formula is C25H56N4O4. The van der Waals surface area contributed by atoms with Crippen molar-refractivity contribution >= 4 is 17.7 Å². The first-order valence-corrected chi connectivity index (χ1v) is 12.4. The largest absolute Gasteiger partial charge is 0.481 e. The summed E-state index contributed by atoms with van der Waals surface area (Å²) in [5.74, 6) is -1.18. The Labute approximate surface area is 205 Å². The fourth-order valence-electron chi connectivity index (χ4n) is 2.37. The van der Waals surface area contributed by atoms with Gasteiger partial charge in [-0.1, -0.05) is 34.6 Å². The van der Waals surface area contributed by atoms with Crippen LogP contribution in [0.1, 0.15) is 73.1 Å².